The molecule has 0 unspecified atom stereocenters. The molecule has 0 aromatic rings. The van der Waals surface area contributed by atoms with Crippen molar-refractivity contribution in [3.05, 3.63) is 24.3 Å². The molecule has 6 nitrogen and oxygen atoms in total. The zero-order valence-corrected chi connectivity index (χ0v) is 18.2. The summed E-state index contributed by atoms with van der Waals surface area (Å²) in [5.74, 6) is -1.11. The second-order valence-corrected chi connectivity index (χ2v) is 8.17. The van der Waals surface area contributed by atoms with E-state index in [9.17, 15) is 19.2 Å². The van der Waals surface area contributed by atoms with E-state index in [2.05, 4.69) is 0 Å². The number of carboxylic acid groups (broad SMARTS) is 2. The highest BCUT2D eigenvalue weighted by Gasteiger charge is 2.35. The van der Waals surface area contributed by atoms with E-state index in [0.717, 1.165) is 25.7 Å². The van der Waals surface area contributed by atoms with Crippen LogP contribution >= 0.6 is 0 Å². The molecule has 0 radical (unpaired) electrons. The first-order chi connectivity index (χ1) is 14.3. The van der Waals surface area contributed by atoms with Crippen molar-refractivity contribution in [2.75, 3.05) is 0 Å². The summed E-state index contributed by atoms with van der Waals surface area (Å²) in [6, 6.07) is 0. The van der Waals surface area contributed by atoms with Gasteiger partial charge in [0, 0.05) is 37.5 Å². The lowest BCUT2D eigenvalue weighted by Crippen LogP contribution is -2.17. The topological polar surface area (TPSA) is 109 Å². The van der Waals surface area contributed by atoms with Crippen LogP contribution in [0.3, 0.4) is 0 Å². The van der Waals surface area contributed by atoms with E-state index in [0.29, 0.717) is 25.7 Å². The molecule has 4 atom stereocenters. The smallest absolute Gasteiger partial charge is 0.303 e. The largest absolute Gasteiger partial charge is 0.481 e. The highest BCUT2D eigenvalue weighted by molar-refractivity contribution is 5.85. The lowest BCUT2D eigenvalue weighted by Gasteiger charge is -2.14. The summed E-state index contributed by atoms with van der Waals surface area (Å²) in [6.07, 6.45) is 14.3. The Bertz CT molecular complexity index is 592. The van der Waals surface area contributed by atoms with Gasteiger partial charge in [0.05, 0.1) is 0 Å². The summed E-state index contributed by atoms with van der Waals surface area (Å²) in [7, 11) is 0. The van der Waals surface area contributed by atoms with Crippen LogP contribution in [0.1, 0.15) is 78.1 Å². The number of aliphatic carboxylic acids is 2. The van der Waals surface area contributed by atoms with Crippen molar-refractivity contribution < 1.29 is 29.4 Å². The molecule has 0 aliphatic heterocycles. The average molecular weight is 421 g/mol. The number of carboxylic acids is 2. The molecule has 0 saturated heterocycles. The summed E-state index contributed by atoms with van der Waals surface area (Å²) in [6.45, 7) is 4.09. The maximum absolute atomic E-state index is 11.5. The molecule has 2 saturated carbocycles. The fourth-order valence-corrected chi connectivity index (χ4v) is 4.36. The Morgan fingerprint density at radius 3 is 1.43 bits per heavy atom. The molecule has 2 aliphatic carbocycles. The Morgan fingerprint density at radius 2 is 1.13 bits per heavy atom. The fraction of sp³-hybridized carbons (Fsp3) is 0.667. The van der Waals surface area contributed by atoms with Gasteiger partial charge in [0.25, 0.3) is 0 Å². The normalized spacial score (nSPS) is 26.3. The minimum absolute atomic E-state index is 0.0519. The molecule has 0 amide bonds. The number of hydrogen-bond donors (Lipinski definition) is 2. The molecule has 6 heteroatoms. The number of ketones is 2. The zero-order valence-electron chi connectivity index (χ0n) is 18.2. The van der Waals surface area contributed by atoms with Crippen LogP contribution < -0.4 is 0 Å². The number of hydrogen-bond acceptors (Lipinski definition) is 4. The number of rotatable bonds is 10. The lowest BCUT2D eigenvalue weighted by atomic mass is 9.89. The highest BCUT2D eigenvalue weighted by atomic mass is 16.4. The van der Waals surface area contributed by atoms with Crippen molar-refractivity contribution in [2.45, 2.75) is 78.1 Å². The summed E-state index contributed by atoms with van der Waals surface area (Å²) in [5.41, 5.74) is 0. The van der Waals surface area contributed by atoms with Crippen molar-refractivity contribution in [1.82, 2.24) is 0 Å². The molecular weight excluding hydrogens is 384 g/mol. The van der Waals surface area contributed by atoms with Crippen molar-refractivity contribution in [3.63, 3.8) is 0 Å². The van der Waals surface area contributed by atoms with Crippen molar-refractivity contribution in [2.24, 2.45) is 23.7 Å². The van der Waals surface area contributed by atoms with Crippen LogP contribution in [-0.4, -0.2) is 33.7 Å². The first-order valence-electron chi connectivity index (χ1n) is 11.1. The molecule has 0 aromatic heterocycles. The van der Waals surface area contributed by atoms with Crippen molar-refractivity contribution in [3.8, 4) is 0 Å². The Labute approximate surface area is 179 Å². The molecule has 2 rings (SSSR count). The van der Waals surface area contributed by atoms with Gasteiger partial charge in [-0.15, -0.1) is 0 Å². The van der Waals surface area contributed by atoms with Crippen LogP contribution in [0.4, 0.5) is 0 Å². The van der Waals surface area contributed by atoms with Crippen LogP contribution in [0.15, 0.2) is 24.3 Å². The standard InChI is InChI=1S/2C12H18O3/c2*1-2-3-4-5-10-9(8-12(14)15)6-7-11(10)13/h2*3-4,9-10H,2,5-8H2,1H3,(H,14,15)/b2*4-3-/t2*9-,10+/m00/s1. The minimum Gasteiger partial charge on any atom is -0.481 e. The predicted octanol–water partition coefficient (Wildman–Crippen LogP) is 4.83. The van der Waals surface area contributed by atoms with E-state index in [4.69, 9.17) is 10.2 Å². The SMILES string of the molecule is CC/C=C\C[C@H]1C(=O)CC[C@H]1CC(=O)O.CC/C=C\C[C@H]1C(=O)CC[C@H]1CC(=O)O. The molecule has 168 valence electrons. The summed E-state index contributed by atoms with van der Waals surface area (Å²) in [4.78, 5) is 44.3. The van der Waals surface area contributed by atoms with Gasteiger partial charge in [0.2, 0.25) is 0 Å². The molecular formula is C24H36O6. The van der Waals surface area contributed by atoms with Gasteiger partial charge in [-0.1, -0.05) is 38.2 Å². The van der Waals surface area contributed by atoms with E-state index in [1.54, 1.807) is 0 Å². The summed E-state index contributed by atoms with van der Waals surface area (Å²) < 4.78 is 0. The van der Waals surface area contributed by atoms with Crippen molar-refractivity contribution >= 4 is 23.5 Å². The molecule has 2 N–H and O–H groups in total. The fourth-order valence-electron chi connectivity index (χ4n) is 4.36. The van der Waals surface area contributed by atoms with Crippen LogP contribution in [0, 0.1) is 23.7 Å². The van der Waals surface area contributed by atoms with E-state index < -0.39 is 11.9 Å². The van der Waals surface area contributed by atoms with Crippen LogP contribution in [-0.2, 0) is 19.2 Å². The number of carbonyl (C=O) groups is 4. The summed E-state index contributed by atoms with van der Waals surface area (Å²) >= 11 is 0. The van der Waals surface area contributed by atoms with Crippen molar-refractivity contribution in [1.29, 1.82) is 0 Å². The van der Waals surface area contributed by atoms with E-state index in [-0.39, 0.29) is 48.1 Å². The number of carbonyl (C=O) groups excluding carboxylic acids is 2. The number of allylic oxidation sites excluding steroid dienone is 4. The van der Waals surface area contributed by atoms with Gasteiger partial charge >= 0.3 is 11.9 Å². The summed E-state index contributed by atoms with van der Waals surface area (Å²) in [5, 5.41) is 17.4. The van der Waals surface area contributed by atoms with Gasteiger partial charge in [-0.05, 0) is 50.4 Å². The van der Waals surface area contributed by atoms with Gasteiger partial charge in [-0.3, -0.25) is 19.2 Å². The average Bonchev–Trinajstić information content (AvgIpc) is 3.19. The maximum atomic E-state index is 11.5. The second-order valence-electron chi connectivity index (χ2n) is 8.17. The van der Waals surface area contributed by atoms with E-state index >= 15 is 0 Å². The molecule has 2 fully saturated rings. The third-order valence-electron chi connectivity index (χ3n) is 5.95. The quantitative estimate of drug-likeness (QED) is 0.490. The lowest BCUT2D eigenvalue weighted by molar-refractivity contribution is -0.139. The second kappa shape index (κ2) is 13.9. The zero-order chi connectivity index (χ0) is 22.5. The Morgan fingerprint density at radius 1 is 0.767 bits per heavy atom. The first kappa shape index (κ1) is 25.8. The van der Waals surface area contributed by atoms with Gasteiger partial charge < -0.3 is 10.2 Å². The van der Waals surface area contributed by atoms with Crippen LogP contribution in [0.5, 0.6) is 0 Å². The Balaban J connectivity index is 0.000000300. The highest BCUT2D eigenvalue weighted by Crippen LogP contribution is 2.34. The molecule has 0 spiro atoms. The molecule has 0 aromatic carbocycles. The molecule has 30 heavy (non-hydrogen) atoms. The Kier molecular flexibility index (Phi) is 11.9. The maximum Gasteiger partial charge on any atom is 0.303 e. The first-order valence-corrected chi connectivity index (χ1v) is 11.1. The predicted molar refractivity (Wildman–Crippen MR) is 115 cm³/mol. The minimum atomic E-state index is -0.792. The third kappa shape index (κ3) is 9.06. The molecule has 2 aliphatic rings. The van der Waals surface area contributed by atoms with Crippen LogP contribution in [0.25, 0.3) is 0 Å². The van der Waals surface area contributed by atoms with E-state index in [1.807, 2.05) is 38.2 Å². The Hall–Kier alpha value is -2.24. The van der Waals surface area contributed by atoms with Gasteiger partial charge in [-0.25, -0.2) is 0 Å². The van der Waals surface area contributed by atoms with Gasteiger partial charge in [0.1, 0.15) is 11.6 Å². The monoisotopic (exact) mass is 420 g/mol. The van der Waals surface area contributed by atoms with Gasteiger partial charge in [-0.2, -0.15) is 0 Å². The van der Waals surface area contributed by atoms with Gasteiger partial charge in [0.15, 0.2) is 0 Å². The van der Waals surface area contributed by atoms with E-state index in [1.165, 1.54) is 0 Å². The van der Waals surface area contributed by atoms with Crippen LogP contribution in [0.2, 0.25) is 0 Å². The molecule has 0 heterocycles. The third-order valence-corrected chi connectivity index (χ3v) is 5.95. The molecule has 0 bridgehead atoms. The number of Topliss-reactive ketones (excluding diaryl/α,β-unsaturated/α-hetero) is 2.